The first-order chi connectivity index (χ1) is 12.1. The average molecular weight is 391 g/mol. The molecule has 128 valence electrons. The highest BCUT2D eigenvalue weighted by Gasteiger charge is 2.18. The van der Waals surface area contributed by atoms with E-state index in [-0.39, 0.29) is 5.56 Å². The highest BCUT2D eigenvalue weighted by molar-refractivity contribution is 7.18. The number of nitrogens with one attached hydrogen (secondary N) is 1. The number of aryl methyl sites for hydroxylation is 2. The number of H-pyrrole nitrogens is 1. The Bertz CT molecular complexity index is 1040. The number of halogens is 2. The van der Waals surface area contributed by atoms with E-state index in [1.54, 1.807) is 23.5 Å². The van der Waals surface area contributed by atoms with E-state index in [1.165, 1.54) is 23.3 Å². The second kappa shape index (κ2) is 6.94. The lowest BCUT2D eigenvalue weighted by Crippen LogP contribution is -2.10. The lowest BCUT2D eigenvalue weighted by molar-refractivity contribution is 0.713. The molecule has 1 aliphatic rings. The zero-order valence-electron chi connectivity index (χ0n) is 13.4. The standard InChI is InChI=1S/C19H16Cl2N2OS/c20-13-7-4-5-11(17(13)21)9-10-15-22-18(24)16-12-6-2-1-3-8-14(12)25-19(16)23-15/h4-5,7,9-10H,1-3,6,8H2,(H,22,23,24)/b10-9+. The van der Waals surface area contributed by atoms with Crippen molar-refractivity contribution in [2.24, 2.45) is 0 Å². The maximum atomic E-state index is 12.6. The van der Waals surface area contributed by atoms with Gasteiger partial charge < -0.3 is 4.98 Å². The maximum absolute atomic E-state index is 12.6. The van der Waals surface area contributed by atoms with Crippen LogP contribution in [-0.4, -0.2) is 9.97 Å². The van der Waals surface area contributed by atoms with Gasteiger partial charge in [-0.15, -0.1) is 11.3 Å². The van der Waals surface area contributed by atoms with Crippen LogP contribution in [0.5, 0.6) is 0 Å². The molecule has 1 aliphatic carbocycles. The van der Waals surface area contributed by atoms with Gasteiger partial charge in [0.2, 0.25) is 0 Å². The smallest absolute Gasteiger partial charge is 0.260 e. The summed E-state index contributed by atoms with van der Waals surface area (Å²) in [6, 6.07) is 5.45. The molecule has 6 heteroatoms. The molecule has 25 heavy (non-hydrogen) atoms. The summed E-state index contributed by atoms with van der Waals surface area (Å²) in [7, 11) is 0. The first-order valence-electron chi connectivity index (χ1n) is 8.30. The second-order valence-corrected chi connectivity index (χ2v) is 8.04. The number of hydrogen-bond donors (Lipinski definition) is 1. The minimum absolute atomic E-state index is 0.0544. The number of aromatic amines is 1. The highest BCUT2D eigenvalue weighted by Crippen LogP contribution is 2.33. The molecular weight excluding hydrogens is 375 g/mol. The van der Waals surface area contributed by atoms with Gasteiger partial charge in [0.05, 0.1) is 15.4 Å². The van der Waals surface area contributed by atoms with Gasteiger partial charge in [-0.1, -0.05) is 41.8 Å². The number of nitrogens with zero attached hydrogens (tertiary/aromatic N) is 1. The van der Waals surface area contributed by atoms with Crippen LogP contribution in [0.1, 0.15) is 41.1 Å². The van der Waals surface area contributed by atoms with Crippen molar-refractivity contribution in [2.45, 2.75) is 32.1 Å². The van der Waals surface area contributed by atoms with Crippen molar-refractivity contribution in [3.8, 4) is 0 Å². The number of rotatable bonds is 2. The fourth-order valence-corrected chi connectivity index (χ4v) is 4.89. The van der Waals surface area contributed by atoms with Crippen LogP contribution >= 0.6 is 34.5 Å². The van der Waals surface area contributed by atoms with E-state index >= 15 is 0 Å². The van der Waals surface area contributed by atoms with Crippen molar-refractivity contribution < 1.29 is 0 Å². The van der Waals surface area contributed by atoms with E-state index in [2.05, 4.69) is 9.97 Å². The van der Waals surface area contributed by atoms with Crippen LogP contribution in [0.25, 0.3) is 22.4 Å². The molecule has 0 aliphatic heterocycles. The zero-order chi connectivity index (χ0) is 17.4. The minimum Gasteiger partial charge on any atom is -0.306 e. The molecule has 2 heterocycles. The summed E-state index contributed by atoms with van der Waals surface area (Å²) in [4.78, 5) is 22.3. The van der Waals surface area contributed by atoms with Crippen LogP contribution in [0.2, 0.25) is 10.0 Å². The Morgan fingerprint density at radius 3 is 2.84 bits per heavy atom. The molecule has 0 saturated carbocycles. The molecule has 4 rings (SSSR count). The van der Waals surface area contributed by atoms with Crippen LogP contribution < -0.4 is 5.56 Å². The van der Waals surface area contributed by atoms with Gasteiger partial charge in [-0.05, 0) is 55.0 Å². The van der Waals surface area contributed by atoms with Gasteiger partial charge in [-0.25, -0.2) is 4.98 Å². The summed E-state index contributed by atoms with van der Waals surface area (Å²) in [6.07, 6.45) is 9.19. The molecule has 3 aromatic rings. The fraction of sp³-hybridized carbons (Fsp3) is 0.263. The molecule has 3 nitrogen and oxygen atoms in total. The molecule has 2 aromatic heterocycles. The van der Waals surface area contributed by atoms with E-state index in [0.717, 1.165) is 35.0 Å². The summed E-state index contributed by atoms with van der Waals surface area (Å²) in [6.45, 7) is 0. The van der Waals surface area contributed by atoms with Crippen molar-refractivity contribution in [1.29, 1.82) is 0 Å². The van der Waals surface area contributed by atoms with Crippen molar-refractivity contribution in [3.05, 3.63) is 60.4 Å². The molecule has 0 amide bonds. The molecule has 0 spiro atoms. The quantitative estimate of drug-likeness (QED) is 0.567. The van der Waals surface area contributed by atoms with Crippen molar-refractivity contribution in [2.75, 3.05) is 0 Å². The second-order valence-electron chi connectivity index (χ2n) is 6.17. The third-order valence-electron chi connectivity index (χ3n) is 4.50. The summed E-state index contributed by atoms with van der Waals surface area (Å²) in [5, 5.41) is 1.77. The molecule has 0 unspecified atom stereocenters. The van der Waals surface area contributed by atoms with Gasteiger partial charge in [0.15, 0.2) is 0 Å². The molecule has 0 saturated heterocycles. The van der Waals surface area contributed by atoms with Gasteiger partial charge >= 0.3 is 0 Å². The first kappa shape index (κ1) is 16.8. The van der Waals surface area contributed by atoms with Gasteiger partial charge in [0, 0.05) is 4.88 Å². The van der Waals surface area contributed by atoms with Crippen LogP contribution in [0.3, 0.4) is 0 Å². The summed E-state index contributed by atoms with van der Waals surface area (Å²) in [5.74, 6) is 0.532. The maximum Gasteiger partial charge on any atom is 0.260 e. The Balaban J connectivity index is 1.75. The van der Waals surface area contributed by atoms with Crippen LogP contribution in [-0.2, 0) is 12.8 Å². The Kier molecular flexibility index (Phi) is 4.67. The topological polar surface area (TPSA) is 45.8 Å². The largest absolute Gasteiger partial charge is 0.306 e. The number of thiophene rings is 1. The predicted molar refractivity (Wildman–Crippen MR) is 107 cm³/mol. The van der Waals surface area contributed by atoms with E-state index in [9.17, 15) is 4.79 Å². The molecule has 0 radical (unpaired) electrons. The minimum atomic E-state index is -0.0544. The summed E-state index contributed by atoms with van der Waals surface area (Å²) in [5.41, 5.74) is 1.94. The average Bonchev–Trinajstić information content (AvgIpc) is 2.78. The lowest BCUT2D eigenvalue weighted by atomic mass is 10.1. The van der Waals surface area contributed by atoms with Crippen LogP contribution in [0.15, 0.2) is 23.0 Å². The van der Waals surface area contributed by atoms with Gasteiger partial charge in [0.25, 0.3) is 5.56 Å². The van der Waals surface area contributed by atoms with Crippen molar-refractivity contribution >= 4 is 56.9 Å². The molecule has 1 aromatic carbocycles. The van der Waals surface area contributed by atoms with E-state index in [0.29, 0.717) is 15.9 Å². The molecule has 0 fully saturated rings. The Morgan fingerprint density at radius 1 is 1.12 bits per heavy atom. The van der Waals surface area contributed by atoms with Crippen LogP contribution in [0, 0.1) is 0 Å². The first-order valence-corrected chi connectivity index (χ1v) is 9.87. The number of benzene rings is 1. The molecule has 0 atom stereocenters. The van der Waals surface area contributed by atoms with Crippen LogP contribution in [0.4, 0.5) is 0 Å². The normalized spacial score (nSPS) is 14.8. The van der Waals surface area contributed by atoms with E-state index < -0.39 is 0 Å². The number of hydrogen-bond acceptors (Lipinski definition) is 3. The van der Waals surface area contributed by atoms with Crippen molar-refractivity contribution in [1.82, 2.24) is 9.97 Å². The summed E-state index contributed by atoms with van der Waals surface area (Å²) < 4.78 is 0. The molecular formula is C19H16Cl2N2OS. The Morgan fingerprint density at radius 2 is 1.96 bits per heavy atom. The number of fused-ring (bicyclic) bond motifs is 3. The SMILES string of the molecule is O=c1[nH]c(/C=C/c2cccc(Cl)c2Cl)nc2sc3c(c12)CCCCC3. The van der Waals surface area contributed by atoms with E-state index in [4.69, 9.17) is 23.2 Å². The lowest BCUT2D eigenvalue weighted by Gasteiger charge is -2.01. The van der Waals surface area contributed by atoms with E-state index in [1.807, 2.05) is 18.2 Å². The fourth-order valence-electron chi connectivity index (χ4n) is 3.25. The third kappa shape index (κ3) is 3.26. The molecule has 0 bridgehead atoms. The number of aromatic nitrogens is 2. The monoisotopic (exact) mass is 390 g/mol. The summed E-state index contributed by atoms with van der Waals surface area (Å²) >= 11 is 13.9. The van der Waals surface area contributed by atoms with Crippen molar-refractivity contribution in [3.63, 3.8) is 0 Å². The van der Waals surface area contributed by atoms with Gasteiger partial charge in [-0.3, -0.25) is 4.79 Å². The Hall–Kier alpha value is -1.62. The van der Waals surface area contributed by atoms with Gasteiger partial charge in [0.1, 0.15) is 10.7 Å². The Labute approximate surface area is 159 Å². The highest BCUT2D eigenvalue weighted by atomic mass is 35.5. The predicted octanol–water partition coefficient (Wildman–Crippen LogP) is 5.73. The third-order valence-corrected chi connectivity index (χ3v) is 6.51. The zero-order valence-corrected chi connectivity index (χ0v) is 15.8. The van der Waals surface area contributed by atoms with Gasteiger partial charge in [-0.2, -0.15) is 0 Å². The molecule has 1 N–H and O–H groups in total.